The molecule has 1 aliphatic carbocycles. The fourth-order valence-corrected chi connectivity index (χ4v) is 5.31. The lowest BCUT2D eigenvalue weighted by Crippen LogP contribution is -2.26. The number of pyridine rings is 2. The van der Waals surface area contributed by atoms with Gasteiger partial charge in [-0.05, 0) is 61.9 Å². The van der Waals surface area contributed by atoms with Crippen molar-refractivity contribution < 1.29 is 14.7 Å². The van der Waals surface area contributed by atoms with E-state index in [1.807, 2.05) is 48.7 Å². The number of carbonyl (C=O) groups is 2. The molecule has 4 aromatic rings. The number of allylic oxidation sites excluding steroid dienone is 2. The van der Waals surface area contributed by atoms with E-state index in [1.165, 1.54) is 13.3 Å². The second kappa shape index (κ2) is 10.0. The topological polar surface area (TPSA) is 111 Å². The number of carboxylic acids is 1. The molecule has 1 fully saturated rings. The van der Waals surface area contributed by atoms with E-state index < -0.39 is 5.97 Å². The molecule has 0 radical (unpaired) electrons. The monoisotopic (exact) mass is 494 g/mol. The summed E-state index contributed by atoms with van der Waals surface area (Å²) in [5.74, 6) is -0.519. The number of benzene rings is 1. The number of hydrogen-bond acceptors (Lipinski definition) is 5. The van der Waals surface area contributed by atoms with Crippen molar-refractivity contribution in [1.82, 2.24) is 14.5 Å². The summed E-state index contributed by atoms with van der Waals surface area (Å²) in [7, 11) is 0. The first-order chi connectivity index (χ1) is 17.8. The second-order valence-corrected chi connectivity index (χ2v) is 9.81. The molecule has 3 N–H and O–H groups in total. The van der Waals surface area contributed by atoms with E-state index in [9.17, 15) is 9.59 Å². The van der Waals surface area contributed by atoms with Gasteiger partial charge in [0.15, 0.2) is 5.78 Å². The Labute approximate surface area is 215 Å². The van der Waals surface area contributed by atoms with Crippen LogP contribution in [-0.4, -0.2) is 31.4 Å². The maximum atomic E-state index is 12.4. The lowest BCUT2D eigenvalue weighted by molar-refractivity contribution is -0.136. The lowest BCUT2D eigenvalue weighted by atomic mass is 9.78. The number of nitrogens with zero attached hydrogens (tertiary/aromatic N) is 3. The smallest absolute Gasteiger partial charge is 0.307 e. The van der Waals surface area contributed by atoms with Crippen molar-refractivity contribution in [2.45, 2.75) is 45.6 Å². The third-order valence-electron chi connectivity index (χ3n) is 7.21. The highest BCUT2D eigenvalue weighted by Crippen LogP contribution is 2.43. The normalized spacial score (nSPS) is 15.2. The van der Waals surface area contributed by atoms with E-state index in [4.69, 9.17) is 20.8 Å². The Morgan fingerprint density at radius 3 is 2.43 bits per heavy atom. The first-order valence-electron chi connectivity index (χ1n) is 12.5. The van der Waals surface area contributed by atoms with Crippen LogP contribution in [0, 0.1) is 5.92 Å². The highest BCUT2D eigenvalue weighted by atomic mass is 16.4. The van der Waals surface area contributed by atoms with Gasteiger partial charge in [-0.3, -0.25) is 19.6 Å². The molecular weight excluding hydrogens is 464 g/mol. The molecule has 1 unspecified atom stereocenters. The quantitative estimate of drug-likeness (QED) is 0.318. The van der Waals surface area contributed by atoms with Crippen molar-refractivity contribution in [1.29, 1.82) is 0 Å². The number of hydrogen-bond donors (Lipinski definition) is 2. The van der Waals surface area contributed by atoms with Crippen molar-refractivity contribution in [3.63, 3.8) is 0 Å². The van der Waals surface area contributed by atoms with E-state index >= 15 is 0 Å². The number of carboxylic acid groups (broad SMARTS) is 1. The molecule has 7 heteroatoms. The molecule has 0 bridgehead atoms. The fourth-order valence-electron chi connectivity index (χ4n) is 5.31. The number of carbonyl (C=O) groups excluding carboxylic acids is 1. The molecule has 3 heterocycles. The van der Waals surface area contributed by atoms with Crippen molar-refractivity contribution in [3.05, 3.63) is 89.6 Å². The van der Waals surface area contributed by atoms with Crippen LogP contribution < -0.4 is 5.73 Å². The Kier molecular flexibility index (Phi) is 6.61. The molecule has 1 aliphatic rings. The van der Waals surface area contributed by atoms with Crippen LogP contribution in [0.1, 0.15) is 56.0 Å². The largest absolute Gasteiger partial charge is 0.481 e. The van der Waals surface area contributed by atoms with Gasteiger partial charge >= 0.3 is 5.97 Å². The zero-order valence-corrected chi connectivity index (χ0v) is 21.0. The van der Waals surface area contributed by atoms with Gasteiger partial charge in [-0.15, -0.1) is 0 Å². The Morgan fingerprint density at radius 2 is 1.86 bits per heavy atom. The van der Waals surface area contributed by atoms with Crippen LogP contribution >= 0.6 is 0 Å². The van der Waals surface area contributed by atoms with Gasteiger partial charge in [0.2, 0.25) is 0 Å². The predicted molar refractivity (Wildman–Crippen MR) is 144 cm³/mol. The minimum atomic E-state index is -0.859. The number of fused-ring (bicyclic) bond motifs is 1. The molecule has 188 valence electrons. The highest BCUT2D eigenvalue weighted by Gasteiger charge is 2.32. The molecule has 0 spiro atoms. The number of nitrogens with two attached hydrogens (primary N) is 1. The maximum Gasteiger partial charge on any atom is 0.307 e. The first-order valence-corrected chi connectivity index (χ1v) is 12.5. The van der Waals surface area contributed by atoms with Gasteiger partial charge in [0, 0.05) is 41.0 Å². The van der Waals surface area contributed by atoms with Crippen LogP contribution in [-0.2, 0) is 16.0 Å². The van der Waals surface area contributed by atoms with Crippen molar-refractivity contribution in [2.75, 3.05) is 0 Å². The summed E-state index contributed by atoms with van der Waals surface area (Å²) < 4.78 is 2.25. The van der Waals surface area contributed by atoms with Crippen molar-refractivity contribution >= 4 is 28.4 Å². The molecule has 7 nitrogen and oxygen atoms in total. The number of Topliss-reactive ketones (excluding diaryl/α,β-unsaturated/α-hetero) is 1. The molecule has 1 aromatic carbocycles. The van der Waals surface area contributed by atoms with Crippen LogP contribution in [0.4, 0.5) is 0 Å². The van der Waals surface area contributed by atoms with Crippen LogP contribution in [0.2, 0.25) is 0 Å². The minimum absolute atomic E-state index is 0.0221. The molecular formula is C30H30N4O3. The van der Waals surface area contributed by atoms with Crippen LogP contribution in [0.25, 0.3) is 27.7 Å². The van der Waals surface area contributed by atoms with E-state index in [-0.39, 0.29) is 18.2 Å². The molecule has 0 aliphatic heterocycles. The average Bonchev–Trinajstić information content (AvgIpc) is 3.20. The standard InChI is InChI=1S/C30H30N4O3/c1-18(31)28(19(2)35)23-15-26-29(33-16-23)24(21-11-9-20(10-12-21)14-27(36)37)17-34(26)30(22-6-5-7-22)25-8-3-4-13-32-25/h3-4,8-13,15-17,22,30H,5-7,14,31H2,1-2H3,(H,36,37)/b28-18+. The van der Waals surface area contributed by atoms with Gasteiger partial charge in [-0.25, -0.2) is 0 Å². The van der Waals surface area contributed by atoms with E-state index in [0.717, 1.165) is 46.3 Å². The predicted octanol–water partition coefficient (Wildman–Crippen LogP) is 5.39. The molecule has 3 aromatic heterocycles. The van der Waals surface area contributed by atoms with Crippen LogP contribution in [0.3, 0.4) is 0 Å². The summed E-state index contributed by atoms with van der Waals surface area (Å²) in [5.41, 5.74) is 13.1. The Bertz CT molecular complexity index is 1500. The van der Waals surface area contributed by atoms with E-state index in [1.54, 1.807) is 13.1 Å². The molecule has 37 heavy (non-hydrogen) atoms. The molecule has 1 saturated carbocycles. The third kappa shape index (κ3) is 4.77. The third-order valence-corrected chi connectivity index (χ3v) is 7.21. The molecule has 5 rings (SSSR count). The zero-order valence-electron chi connectivity index (χ0n) is 21.0. The highest BCUT2D eigenvalue weighted by molar-refractivity contribution is 6.20. The summed E-state index contributed by atoms with van der Waals surface area (Å²) in [5, 5.41) is 9.14. The van der Waals surface area contributed by atoms with E-state index in [2.05, 4.69) is 16.8 Å². The average molecular weight is 495 g/mol. The number of aromatic nitrogens is 3. The van der Waals surface area contributed by atoms with Gasteiger partial charge in [0.25, 0.3) is 0 Å². The SMILES string of the molecule is CC(=O)/C(=C(/C)N)c1cnc2c(-c3ccc(CC(=O)O)cc3)cn(C(c3ccccn3)C3CCC3)c2c1. The van der Waals surface area contributed by atoms with Gasteiger partial charge < -0.3 is 15.4 Å². The molecule has 0 saturated heterocycles. The van der Waals surface area contributed by atoms with Crippen molar-refractivity contribution in [3.8, 4) is 11.1 Å². The second-order valence-electron chi connectivity index (χ2n) is 9.81. The summed E-state index contributed by atoms with van der Waals surface area (Å²) in [4.78, 5) is 33.1. The Balaban J connectivity index is 1.73. The number of aliphatic carboxylic acids is 1. The number of rotatable bonds is 8. The minimum Gasteiger partial charge on any atom is -0.481 e. The fraction of sp³-hybridized carbons (Fsp3) is 0.267. The van der Waals surface area contributed by atoms with Crippen molar-refractivity contribution in [2.24, 2.45) is 11.7 Å². The van der Waals surface area contributed by atoms with Crippen LogP contribution in [0.15, 0.2) is 72.8 Å². The summed E-state index contributed by atoms with van der Waals surface area (Å²) in [6.45, 7) is 3.25. The first kappa shape index (κ1) is 24.4. The Morgan fingerprint density at radius 1 is 1.11 bits per heavy atom. The lowest BCUT2D eigenvalue weighted by Gasteiger charge is -2.35. The zero-order chi connectivity index (χ0) is 26.1. The summed E-state index contributed by atoms with van der Waals surface area (Å²) >= 11 is 0. The molecule has 1 atom stereocenters. The molecule has 0 amide bonds. The number of ketones is 1. The summed E-state index contributed by atoms with van der Waals surface area (Å²) in [6.07, 6.45) is 9.07. The van der Waals surface area contributed by atoms with Gasteiger partial charge in [0.1, 0.15) is 0 Å². The van der Waals surface area contributed by atoms with Crippen LogP contribution in [0.5, 0.6) is 0 Å². The van der Waals surface area contributed by atoms with Gasteiger partial charge in [-0.2, -0.15) is 0 Å². The summed E-state index contributed by atoms with van der Waals surface area (Å²) in [6, 6.07) is 15.6. The maximum absolute atomic E-state index is 12.4. The van der Waals surface area contributed by atoms with E-state index in [0.29, 0.717) is 22.8 Å². The van der Waals surface area contributed by atoms with Gasteiger partial charge in [-0.1, -0.05) is 36.8 Å². The Hall–Kier alpha value is -4.26. The van der Waals surface area contributed by atoms with Gasteiger partial charge in [0.05, 0.1) is 29.2 Å².